The van der Waals surface area contributed by atoms with Crippen LogP contribution >= 0.6 is 8.60 Å². The summed E-state index contributed by atoms with van der Waals surface area (Å²) >= 11 is 0. The van der Waals surface area contributed by atoms with Crippen molar-refractivity contribution in [2.75, 3.05) is 0 Å². The fourth-order valence-corrected chi connectivity index (χ4v) is 5.66. The summed E-state index contributed by atoms with van der Waals surface area (Å²) in [6, 6.07) is 18.9. The first-order valence-electron chi connectivity index (χ1n) is 13.1. The largest absolute Gasteiger partial charge is 0.530 e. The Morgan fingerprint density at radius 2 is 0.676 bits per heavy atom. The zero-order chi connectivity index (χ0) is 27.8. The number of rotatable bonds is 6. The maximum atomic E-state index is 6.78. The van der Waals surface area contributed by atoms with Gasteiger partial charge in [0, 0.05) is 16.7 Å². The highest BCUT2D eigenvalue weighted by Crippen LogP contribution is 2.50. The summed E-state index contributed by atoms with van der Waals surface area (Å²) in [5, 5.41) is 0. The van der Waals surface area contributed by atoms with E-state index in [1.54, 1.807) is 0 Å². The van der Waals surface area contributed by atoms with Crippen molar-refractivity contribution in [3.8, 4) is 17.2 Å². The van der Waals surface area contributed by atoms with Crippen LogP contribution in [0.25, 0.3) is 0 Å². The van der Waals surface area contributed by atoms with E-state index in [0.29, 0.717) is 0 Å². The average molecular weight is 521 g/mol. The van der Waals surface area contributed by atoms with E-state index in [4.69, 9.17) is 13.6 Å². The third-order valence-corrected chi connectivity index (χ3v) is 7.55. The van der Waals surface area contributed by atoms with Crippen molar-refractivity contribution < 1.29 is 13.6 Å². The molecule has 0 spiro atoms. The normalized spacial score (nSPS) is 12.6. The number of hydrogen-bond acceptors (Lipinski definition) is 3. The third kappa shape index (κ3) is 6.88. The van der Waals surface area contributed by atoms with Crippen molar-refractivity contribution in [3.63, 3.8) is 0 Å². The molecule has 0 heterocycles. The Kier molecular flexibility index (Phi) is 8.40. The van der Waals surface area contributed by atoms with Crippen molar-refractivity contribution >= 4 is 8.60 Å². The van der Waals surface area contributed by atoms with Gasteiger partial charge in [-0.25, -0.2) is 0 Å². The van der Waals surface area contributed by atoms with E-state index in [1.165, 1.54) is 0 Å². The summed E-state index contributed by atoms with van der Waals surface area (Å²) in [5.74, 6) is 2.49. The van der Waals surface area contributed by atoms with Crippen molar-refractivity contribution in [2.24, 2.45) is 0 Å². The first-order valence-corrected chi connectivity index (χ1v) is 14.2. The zero-order valence-corrected chi connectivity index (χ0v) is 25.8. The molecule has 37 heavy (non-hydrogen) atoms. The Labute approximate surface area is 226 Å². The van der Waals surface area contributed by atoms with Crippen LogP contribution in [0.15, 0.2) is 54.6 Å². The minimum absolute atomic E-state index is 0.0964. The molecule has 0 aliphatic rings. The monoisotopic (exact) mass is 520 g/mol. The molecule has 0 aromatic heterocycles. The number of para-hydroxylation sites is 3. The molecule has 0 bridgehead atoms. The molecule has 0 aliphatic carbocycles. The molecule has 0 amide bonds. The Morgan fingerprint density at radius 1 is 0.432 bits per heavy atom. The van der Waals surface area contributed by atoms with Gasteiger partial charge >= 0.3 is 8.60 Å². The third-order valence-electron chi connectivity index (χ3n) is 6.56. The number of benzene rings is 3. The molecule has 200 valence electrons. The second-order valence-corrected chi connectivity index (χ2v) is 14.1. The predicted octanol–water partition coefficient (Wildman–Crippen LogP) is 10.3. The maximum absolute atomic E-state index is 6.78. The SMILES string of the molecule is Cc1cccc(C(C)(C)C)c1OP(Oc1c(C)cccc1C(C)(C)C)Oc1c(C)cccc1C(C)(C)C. The van der Waals surface area contributed by atoms with Crippen LogP contribution in [0.2, 0.25) is 0 Å². The Morgan fingerprint density at radius 3 is 0.892 bits per heavy atom. The summed E-state index contributed by atoms with van der Waals surface area (Å²) in [5.41, 5.74) is 6.30. The van der Waals surface area contributed by atoms with Gasteiger partial charge in [0.2, 0.25) is 0 Å². The Bertz CT molecular complexity index is 1080. The van der Waals surface area contributed by atoms with E-state index in [2.05, 4.69) is 138 Å². The van der Waals surface area contributed by atoms with E-state index in [-0.39, 0.29) is 16.2 Å². The van der Waals surface area contributed by atoms with Gasteiger partial charge in [0.15, 0.2) is 0 Å². The summed E-state index contributed by atoms with van der Waals surface area (Å²) in [7, 11) is -1.83. The molecule has 0 saturated heterocycles. The molecular weight excluding hydrogens is 475 g/mol. The topological polar surface area (TPSA) is 27.7 Å². The van der Waals surface area contributed by atoms with E-state index < -0.39 is 8.60 Å². The van der Waals surface area contributed by atoms with Gasteiger partial charge in [-0.3, -0.25) is 0 Å². The maximum Gasteiger partial charge on any atom is 0.530 e. The molecule has 0 fully saturated rings. The van der Waals surface area contributed by atoms with Crippen molar-refractivity contribution in [3.05, 3.63) is 88.0 Å². The molecule has 3 rings (SSSR count). The summed E-state index contributed by atoms with van der Waals surface area (Å²) in [6.07, 6.45) is 0. The van der Waals surface area contributed by atoms with Gasteiger partial charge in [0.1, 0.15) is 17.2 Å². The zero-order valence-electron chi connectivity index (χ0n) is 24.9. The van der Waals surface area contributed by atoms with Gasteiger partial charge < -0.3 is 13.6 Å². The van der Waals surface area contributed by atoms with Gasteiger partial charge in [-0.2, -0.15) is 0 Å². The Balaban J connectivity index is 2.18. The highest BCUT2D eigenvalue weighted by molar-refractivity contribution is 7.43. The number of aryl methyl sites for hydroxylation is 3. The van der Waals surface area contributed by atoms with Crippen LogP contribution in [0.5, 0.6) is 17.2 Å². The average Bonchev–Trinajstić information content (AvgIpc) is 2.75. The highest BCUT2D eigenvalue weighted by atomic mass is 31.2. The molecule has 0 unspecified atom stereocenters. The fourth-order valence-electron chi connectivity index (χ4n) is 4.37. The molecule has 0 saturated carbocycles. The molecule has 3 aromatic carbocycles. The van der Waals surface area contributed by atoms with Crippen molar-refractivity contribution in [1.82, 2.24) is 0 Å². The molecule has 3 nitrogen and oxygen atoms in total. The molecule has 3 aromatic rings. The van der Waals surface area contributed by atoms with Crippen LogP contribution in [0, 0.1) is 20.8 Å². The smallest absolute Gasteiger partial charge is 0.408 e. The van der Waals surface area contributed by atoms with Gasteiger partial charge in [-0.1, -0.05) is 117 Å². The van der Waals surface area contributed by atoms with Gasteiger partial charge in [0.25, 0.3) is 0 Å². The molecule has 0 N–H and O–H groups in total. The summed E-state index contributed by atoms with van der Waals surface area (Å²) < 4.78 is 20.3. The van der Waals surface area contributed by atoms with Crippen LogP contribution in [-0.2, 0) is 16.2 Å². The molecule has 0 radical (unpaired) electrons. The van der Waals surface area contributed by atoms with Crippen LogP contribution in [0.1, 0.15) is 95.7 Å². The van der Waals surface area contributed by atoms with Gasteiger partial charge in [-0.05, 0) is 53.7 Å². The summed E-state index contributed by atoms with van der Waals surface area (Å²) in [6.45, 7) is 26.1. The van der Waals surface area contributed by atoms with Crippen LogP contribution < -0.4 is 13.6 Å². The minimum atomic E-state index is -1.83. The molecular formula is C33H45O3P. The molecule has 4 heteroatoms. The van der Waals surface area contributed by atoms with Gasteiger partial charge in [0.05, 0.1) is 0 Å². The number of hydrogen-bond donors (Lipinski definition) is 0. The highest BCUT2D eigenvalue weighted by Gasteiger charge is 2.32. The molecule has 0 atom stereocenters. The Hall–Kier alpha value is -2.51. The lowest BCUT2D eigenvalue weighted by Crippen LogP contribution is -2.18. The molecule has 0 aliphatic heterocycles. The van der Waals surface area contributed by atoms with Crippen LogP contribution in [0.4, 0.5) is 0 Å². The lowest BCUT2D eigenvalue weighted by atomic mass is 9.85. The van der Waals surface area contributed by atoms with E-state index in [9.17, 15) is 0 Å². The van der Waals surface area contributed by atoms with E-state index in [0.717, 1.165) is 50.6 Å². The van der Waals surface area contributed by atoms with Crippen LogP contribution in [0.3, 0.4) is 0 Å². The lowest BCUT2D eigenvalue weighted by Gasteiger charge is -2.30. The first kappa shape index (κ1) is 29.1. The van der Waals surface area contributed by atoms with Gasteiger partial charge in [-0.15, -0.1) is 0 Å². The second-order valence-electron chi connectivity index (χ2n) is 13.1. The second kappa shape index (κ2) is 10.7. The lowest BCUT2D eigenvalue weighted by molar-refractivity contribution is 0.369. The predicted molar refractivity (Wildman–Crippen MR) is 158 cm³/mol. The van der Waals surface area contributed by atoms with E-state index in [1.807, 2.05) is 0 Å². The quantitative estimate of drug-likeness (QED) is 0.303. The van der Waals surface area contributed by atoms with E-state index >= 15 is 0 Å². The first-order chi connectivity index (χ1) is 17.0. The minimum Gasteiger partial charge on any atom is -0.408 e. The standard InChI is InChI=1S/C33H45O3P/c1-22-16-13-19-25(31(4,5)6)28(22)34-37(35-29-23(2)17-14-20-26(29)32(7,8)9)36-30-24(3)18-15-21-27(30)33(10,11)12/h13-21H,1-12H3. The van der Waals surface area contributed by atoms with Crippen molar-refractivity contribution in [1.29, 1.82) is 0 Å². The van der Waals surface area contributed by atoms with Crippen molar-refractivity contribution in [2.45, 2.75) is 99.3 Å². The van der Waals surface area contributed by atoms with Crippen LogP contribution in [-0.4, -0.2) is 0 Å². The summed E-state index contributed by atoms with van der Waals surface area (Å²) in [4.78, 5) is 0. The fraction of sp³-hybridized carbons (Fsp3) is 0.455.